The van der Waals surface area contributed by atoms with Crippen molar-refractivity contribution < 1.29 is 8.78 Å². The summed E-state index contributed by atoms with van der Waals surface area (Å²) in [6, 6.07) is 3.86. The molecule has 0 radical (unpaired) electrons. The van der Waals surface area contributed by atoms with Gasteiger partial charge in [-0.15, -0.1) is 0 Å². The van der Waals surface area contributed by atoms with Gasteiger partial charge in [-0.05, 0) is 30.7 Å². The first-order chi connectivity index (χ1) is 10.1. The highest BCUT2D eigenvalue weighted by Crippen LogP contribution is 2.29. The Morgan fingerprint density at radius 2 is 1.81 bits per heavy atom. The Bertz CT molecular complexity index is 799. The lowest BCUT2D eigenvalue weighted by molar-refractivity contribution is 0.594. The fraction of sp³-hybridized carbons (Fsp3) is 0.0714. The van der Waals surface area contributed by atoms with Gasteiger partial charge in [0, 0.05) is 18.0 Å². The van der Waals surface area contributed by atoms with Gasteiger partial charge < -0.3 is 5.73 Å². The van der Waals surface area contributed by atoms with Gasteiger partial charge in [0.25, 0.3) is 5.95 Å². The number of rotatable bonds is 2. The summed E-state index contributed by atoms with van der Waals surface area (Å²) < 4.78 is 29.0. The second kappa shape index (κ2) is 4.93. The van der Waals surface area contributed by atoms with Gasteiger partial charge in [-0.25, -0.2) is 23.4 Å². The van der Waals surface area contributed by atoms with E-state index in [1.54, 1.807) is 18.5 Å². The third-order valence-corrected chi connectivity index (χ3v) is 3.00. The molecule has 0 fully saturated rings. The first-order valence-corrected chi connectivity index (χ1v) is 6.15. The number of aromatic nitrogens is 4. The van der Waals surface area contributed by atoms with Crippen LogP contribution in [0.1, 0.15) is 5.56 Å². The molecule has 0 saturated carbocycles. The third kappa shape index (κ3) is 2.33. The first kappa shape index (κ1) is 13.2. The predicted octanol–water partition coefficient (Wildman–Crippen LogP) is 2.50. The molecule has 2 heterocycles. The standard InChI is InChI=1S/C14H11F2N5/c1-8-5-11(16)9(6-10(8)15)13-12(17)7-21(20-13)14-18-3-2-4-19-14/h2-7H,17H2,1H3. The molecule has 0 bridgehead atoms. The molecule has 0 unspecified atom stereocenters. The SMILES string of the molecule is Cc1cc(F)c(-c2nn(-c3ncccn3)cc2N)cc1F. The highest BCUT2D eigenvalue weighted by molar-refractivity contribution is 5.73. The van der Waals surface area contributed by atoms with E-state index in [0.717, 1.165) is 12.1 Å². The zero-order valence-electron chi connectivity index (χ0n) is 11.1. The maximum atomic E-state index is 14.0. The van der Waals surface area contributed by atoms with Crippen molar-refractivity contribution in [1.29, 1.82) is 0 Å². The number of anilines is 1. The van der Waals surface area contributed by atoms with Crippen molar-refractivity contribution in [3.05, 3.63) is 54.0 Å². The van der Waals surface area contributed by atoms with Crippen molar-refractivity contribution >= 4 is 5.69 Å². The lowest BCUT2D eigenvalue weighted by Crippen LogP contribution is -2.00. The van der Waals surface area contributed by atoms with Gasteiger partial charge >= 0.3 is 0 Å². The number of hydrogen-bond acceptors (Lipinski definition) is 4. The molecule has 2 N–H and O–H groups in total. The minimum absolute atomic E-state index is 0.00489. The Morgan fingerprint density at radius 3 is 2.52 bits per heavy atom. The van der Waals surface area contributed by atoms with Crippen molar-refractivity contribution in [2.45, 2.75) is 6.92 Å². The molecule has 2 aromatic heterocycles. The van der Waals surface area contributed by atoms with E-state index >= 15 is 0 Å². The predicted molar refractivity (Wildman–Crippen MR) is 73.7 cm³/mol. The summed E-state index contributed by atoms with van der Waals surface area (Å²) in [5.74, 6) is -0.806. The molecule has 0 amide bonds. The Morgan fingerprint density at radius 1 is 1.10 bits per heavy atom. The van der Waals surface area contributed by atoms with E-state index in [-0.39, 0.29) is 22.5 Å². The summed E-state index contributed by atoms with van der Waals surface area (Å²) in [6.45, 7) is 1.49. The highest BCUT2D eigenvalue weighted by Gasteiger charge is 2.16. The molecule has 0 spiro atoms. The summed E-state index contributed by atoms with van der Waals surface area (Å²) in [4.78, 5) is 8.03. The van der Waals surface area contributed by atoms with Crippen molar-refractivity contribution in [3.8, 4) is 17.2 Å². The van der Waals surface area contributed by atoms with E-state index < -0.39 is 11.6 Å². The molecular formula is C14H11F2N5. The summed E-state index contributed by atoms with van der Waals surface area (Å²) in [7, 11) is 0. The minimum Gasteiger partial charge on any atom is -0.396 e. The maximum absolute atomic E-state index is 14.0. The summed E-state index contributed by atoms with van der Waals surface area (Å²) >= 11 is 0. The van der Waals surface area contributed by atoms with Gasteiger partial charge in [-0.3, -0.25) is 0 Å². The smallest absolute Gasteiger partial charge is 0.250 e. The van der Waals surface area contributed by atoms with Crippen LogP contribution in [-0.2, 0) is 0 Å². The van der Waals surface area contributed by atoms with Crippen LogP contribution < -0.4 is 5.73 Å². The average Bonchev–Trinajstić information content (AvgIpc) is 2.86. The fourth-order valence-electron chi connectivity index (χ4n) is 1.94. The second-order valence-electron chi connectivity index (χ2n) is 4.51. The lowest BCUT2D eigenvalue weighted by Gasteiger charge is -2.03. The van der Waals surface area contributed by atoms with Gasteiger partial charge in [0.2, 0.25) is 0 Å². The average molecular weight is 287 g/mol. The zero-order valence-corrected chi connectivity index (χ0v) is 11.1. The summed E-state index contributed by atoms with van der Waals surface area (Å²) in [5.41, 5.74) is 6.43. The van der Waals surface area contributed by atoms with E-state index in [9.17, 15) is 8.78 Å². The minimum atomic E-state index is -0.583. The number of hydrogen-bond donors (Lipinski definition) is 1. The third-order valence-electron chi connectivity index (χ3n) is 3.00. The highest BCUT2D eigenvalue weighted by atomic mass is 19.1. The largest absolute Gasteiger partial charge is 0.396 e. The number of nitrogens with two attached hydrogens (primary N) is 1. The zero-order chi connectivity index (χ0) is 15.0. The summed E-state index contributed by atoms with van der Waals surface area (Å²) in [5, 5.41) is 4.14. The van der Waals surface area contributed by atoms with Crippen LogP contribution in [0.4, 0.5) is 14.5 Å². The van der Waals surface area contributed by atoms with Crippen LogP contribution in [-0.4, -0.2) is 19.7 Å². The molecule has 0 atom stereocenters. The number of halogens is 2. The maximum Gasteiger partial charge on any atom is 0.250 e. The molecule has 3 aromatic rings. The van der Waals surface area contributed by atoms with Crippen LogP contribution in [0.2, 0.25) is 0 Å². The molecule has 5 nitrogen and oxygen atoms in total. The van der Waals surface area contributed by atoms with Crippen LogP contribution in [0.25, 0.3) is 17.2 Å². The van der Waals surface area contributed by atoms with Gasteiger partial charge in [0.15, 0.2) is 0 Å². The van der Waals surface area contributed by atoms with Crippen LogP contribution in [0.15, 0.2) is 36.8 Å². The van der Waals surface area contributed by atoms with Crippen molar-refractivity contribution in [1.82, 2.24) is 19.7 Å². The molecule has 106 valence electrons. The molecule has 7 heteroatoms. The quantitative estimate of drug-likeness (QED) is 0.786. The Hall–Kier alpha value is -2.83. The summed E-state index contributed by atoms with van der Waals surface area (Å²) in [6.07, 6.45) is 4.56. The van der Waals surface area contributed by atoms with Gasteiger partial charge in [0.05, 0.1) is 11.9 Å². The van der Waals surface area contributed by atoms with Gasteiger partial charge in [-0.1, -0.05) is 0 Å². The fourth-order valence-corrected chi connectivity index (χ4v) is 1.94. The molecular weight excluding hydrogens is 276 g/mol. The Kier molecular flexibility index (Phi) is 3.09. The molecule has 3 rings (SSSR count). The van der Waals surface area contributed by atoms with E-state index in [1.165, 1.54) is 17.8 Å². The molecule has 21 heavy (non-hydrogen) atoms. The molecule has 0 aliphatic rings. The Labute approximate surface area is 119 Å². The molecule has 0 saturated heterocycles. The van der Waals surface area contributed by atoms with E-state index in [2.05, 4.69) is 15.1 Å². The van der Waals surface area contributed by atoms with Crippen LogP contribution in [0, 0.1) is 18.6 Å². The van der Waals surface area contributed by atoms with E-state index in [0.29, 0.717) is 5.95 Å². The van der Waals surface area contributed by atoms with Gasteiger partial charge in [-0.2, -0.15) is 5.10 Å². The monoisotopic (exact) mass is 287 g/mol. The van der Waals surface area contributed by atoms with Crippen LogP contribution in [0.5, 0.6) is 0 Å². The first-order valence-electron chi connectivity index (χ1n) is 6.15. The second-order valence-corrected chi connectivity index (χ2v) is 4.51. The van der Waals surface area contributed by atoms with Crippen molar-refractivity contribution in [2.24, 2.45) is 0 Å². The van der Waals surface area contributed by atoms with Crippen LogP contribution >= 0.6 is 0 Å². The molecule has 0 aliphatic carbocycles. The topological polar surface area (TPSA) is 69.6 Å². The number of nitrogens with zero attached hydrogens (tertiary/aromatic N) is 4. The van der Waals surface area contributed by atoms with Crippen molar-refractivity contribution in [2.75, 3.05) is 5.73 Å². The number of aryl methyl sites for hydroxylation is 1. The van der Waals surface area contributed by atoms with Crippen molar-refractivity contribution in [3.63, 3.8) is 0 Å². The molecule has 0 aliphatic heterocycles. The number of nitrogen functional groups attached to an aromatic ring is 1. The van der Waals surface area contributed by atoms with E-state index in [1.807, 2.05) is 0 Å². The Balaban J connectivity index is 2.13. The van der Waals surface area contributed by atoms with Gasteiger partial charge in [0.1, 0.15) is 17.3 Å². The number of benzene rings is 1. The normalized spacial score (nSPS) is 10.8. The lowest BCUT2D eigenvalue weighted by atomic mass is 10.1. The van der Waals surface area contributed by atoms with E-state index in [4.69, 9.17) is 5.73 Å². The molecule has 1 aromatic carbocycles. The van der Waals surface area contributed by atoms with Crippen LogP contribution in [0.3, 0.4) is 0 Å².